The minimum Gasteiger partial charge on any atom is -0.299 e. The first kappa shape index (κ1) is 8.98. The molecule has 0 aromatic carbocycles. The standard InChI is InChI=1S/C12H18O/c1-3-4-5-7-12-9-11(12,2)8-6-10(12)13/h4-5H,3,6-9H2,1-2H3/b5-4-/t11-,12-/m0/s1. The third kappa shape index (κ3) is 1.09. The molecule has 0 heterocycles. The lowest BCUT2D eigenvalue weighted by Gasteiger charge is -2.09. The van der Waals surface area contributed by atoms with E-state index in [2.05, 4.69) is 26.0 Å². The van der Waals surface area contributed by atoms with Crippen molar-refractivity contribution in [2.75, 3.05) is 0 Å². The molecule has 2 aliphatic rings. The number of fused-ring (bicyclic) bond motifs is 1. The predicted molar refractivity (Wildman–Crippen MR) is 53.4 cm³/mol. The second-order valence-corrected chi connectivity index (χ2v) is 4.83. The van der Waals surface area contributed by atoms with Gasteiger partial charge >= 0.3 is 0 Å². The predicted octanol–water partition coefficient (Wildman–Crippen LogP) is 3.10. The Bertz CT molecular complexity index is 266. The molecule has 0 N–H and O–H groups in total. The van der Waals surface area contributed by atoms with Gasteiger partial charge in [0.2, 0.25) is 0 Å². The van der Waals surface area contributed by atoms with Crippen LogP contribution in [0.5, 0.6) is 0 Å². The van der Waals surface area contributed by atoms with Crippen LogP contribution in [0.15, 0.2) is 12.2 Å². The Morgan fingerprint density at radius 2 is 2.23 bits per heavy atom. The SMILES string of the molecule is CC/C=C\C[C@@]12C[C@]1(C)CCC2=O. The van der Waals surface area contributed by atoms with Crippen LogP contribution < -0.4 is 0 Å². The van der Waals surface area contributed by atoms with Crippen LogP contribution in [0.2, 0.25) is 0 Å². The summed E-state index contributed by atoms with van der Waals surface area (Å²) in [6.07, 6.45) is 9.57. The Labute approximate surface area is 80.2 Å². The van der Waals surface area contributed by atoms with Gasteiger partial charge in [0.15, 0.2) is 0 Å². The summed E-state index contributed by atoms with van der Waals surface area (Å²) < 4.78 is 0. The summed E-state index contributed by atoms with van der Waals surface area (Å²) in [4.78, 5) is 11.7. The van der Waals surface area contributed by atoms with Gasteiger partial charge in [0, 0.05) is 11.8 Å². The molecular weight excluding hydrogens is 160 g/mol. The van der Waals surface area contributed by atoms with E-state index in [9.17, 15) is 4.79 Å². The van der Waals surface area contributed by atoms with Crippen molar-refractivity contribution in [3.8, 4) is 0 Å². The van der Waals surface area contributed by atoms with Gasteiger partial charge in [-0.15, -0.1) is 0 Å². The summed E-state index contributed by atoms with van der Waals surface area (Å²) in [6.45, 7) is 4.41. The molecule has 1 nitrogen and oxygen atoms in total. The molecule has 0 saturated heterocycles. The van der Waals surface area contributed by atoms with E-state index >= 15 is 0 Å². The van der Waals surface area contributed by atoms with Crippen molar-refractivity contribution < 1.29 is 4.79 Å². The van der Waals surface area contributed by atoms with Crippen LogP contribution in [0.1, 0.15) is 46.0 Å². The molecule has 0 unspecified atom stereocenters. The molecule has 2 atom stereocenters. The number of hydrogen-bond donors (Lipinski definition) is 0. The molecule has 0 aromatic rings. The fraction of sp³-hybridized carbons (Fsp3) is 0.750. The molecule has 0 amide bonds. The van der Waals surface area contributed by atoms with E-state index < -0.39 is 0 Å². The largest absolute Gasteiger partial charge is 0.299 e. The highest BCUT2D eigenvalue weighted by Gasteiger charge is 2.70. The normalized spacial score (nSPS) is 42.8. The number of allylic oxidation sites excluding steroid dienone is 2. The van der Waals surface area contributed by atoms with Crippen LogP contribution in [-0.4, -0.2) is 5.78 Å². The van der Waals surface area contributed by atoms with Crippen LogP contribution in [0.3, 0.4) is 0 Å². The maximum absolute atomic E-state index is 11.7. The van der Waals surface area contributed by atoms with Gasteiger partial charge in [0.1, 0.15) is 5.78 Å². The molecule has 2 fully saturated rings. The smallest absolute Gasteiger partial charge is 0.139 e. The van der Waals surface area contributed by atoms with E-state index in [1.165, 1.54) is 0 Å². The average molecular weight is 178 g/mol. The van der Waals surface area contributed by atoms with Crippen molar-refractivity contribution in [1.82, 2.24) is 0 Å². The monoisotopic (exact) mass is 178 g/mol. The molecule has 0 aromatic heterocycles. The fourth-order valence-electron chi connectivity index (χ4n) is 2.90. The maximum atomic E-state index is 11.7. The second-order valence-electron chi connectivity index (χ2n) is 4.83. The van der Waals surface area contributed by atoms with Gasteiger partial charge < -0.3 is 0 Å². The minimum atomic E-state index is 0.0820. The summed E-state index contributed by atoms with van der Waals surface area (Å²) >= 11 is 0. The van der Waals surface area contributed by atoms with E-state index in [0.29, 0.717) is 11.2 Å². The lowest BCUT2D eigenvalue weighted by atomic mass is 9.93. The first-order valence-electron chi connectivity index (χ1n) is 5.33. The Morgan fingerprint density at radius 1 is 1.46 bits per heavy atom. The van der Waals surface area contributed by atoms with Gasteiger partial charge in [-0.25, -0.2) is 0 Å². The van der Waals surface area contributed by atoms with Crippen molar-refractivity contribution in [2.24, 2.45) is 10.8 Å². The van der Waals surface area contributed by atoms with Crippen molar-refractivity contribution in [3.05, 3.63) is 12.2 Å². The van der Waals surface area contributed by atoms with Gasteiger partial charge in [-0.05, 0) is 31.1 Å². The van der Waals surface area contributed by atoms with Crippen molar-refractivity contribution >= 4 is 5.78 Å². The zero-order valence-corrected chi connectivity index (χ0v) is 8.60. The molecule has 2 saturated carbocycles. The van der Waals surface area contributed by atoms with Crippen molar-refractivity contribution in [1.29, 1.82) is 0 Å². The topological polar surface area (TPSA) is 17.1 Å². The van der Waals surface area contributed by atoms with Crippen LogP contribution in [0.4, 0.5) is 0 Å². The average Bonchev–Trinajstić information content (AvgIpc) is 2.63. The Hall–Kier alpha value is -0.590. The fourth-order valence-corrected chi connectivity index (χ4v) is 2.90. The van der Waals surface area contributed by atoms with Crippen molar-refractivity contribution in [3.63, 3.8) is 0 Å². The van der Waals surface area contributed by atoms with Crippen LogP contribution >= 0.6 is 0 Å². The summed E-state index contributed by atoms with van der Waals surface area (Å²) in [5.74, 6) is 0.524. The third-order valence-electron chi connectivity index (χ3n) is 4.03. The van der Waals surface area contributed by atoms with Crippen LogP contribution in [-0.2, 0) is 4.79 Å². The number of ketones is 1. The highest BCUT2D eigenvalue weighted by Crippen LogP contribution is 2.73. The lowest BCUT2D eigenvalue weighted by Crippen LogP contribution is -2.13. The van der Waals surface area contributed by atoms with Crippen molar-refractivity contribution in [2.45, 2.75) is 46.0 Å². The Morgan fingerprint density at radius 3 is 2.69 bits per heavy atom. The molecule has 0 aliphatic heterocycles. The first-order valence-corrected chi connectivity index (χ1v) is 5.33. The van der Waals surface area contributed by atoms with Gasteiger partial charge in [-0.3, -0.25) is 4.79 Å². The van der Waals surface area contributed by atoms with E-state index in [-0.39, 0.29) is 5.41 Å². The van der Waals surface area contributed by atoms with Gasteiger partial charge in [-0.2, -0.15) is 0 Å². The quantitative estimate of drug-likeness (QED) is 0.607. The summed E-state index contributed by atoms with van der Waals surface area (Å²) in [5, 5.41) is 0. The second kappa shape index (κ2) is 2.70. The number of Topliss-reactive ketones (excluding diaryl/α,β-unsaturated/α-hetero) is 1. The van der Waals surface area contributed by atoms with E-state index in [4.69, 9.17) is 0 Å². The highest BCUT2D eigenvalue weighted by molar-refractivity contribution is 5.92. The summed E-state index contributed by atoms with van der Waals surface area (Å²) in [5.41, 5.74) is 0.459. The zero-order valence-electron chi connectivity index (χ0n) is 8.60. The number of carbonyl (C=O) groups excluding carboxylic acids is 1. The van der Waals surface area contributed by atoms with E-state index in [1.807, 2.05) is 0 Å². The zero-order chi connectivity index (χ0) is 9.53. The molecular formula is C12H18O. The molecule has 0 radical (unpaired) electrons. The lowest BCUT2D eigenvalue weighted by molar-refractivity contribution is -0.122. The Balaban J connectivity index is 2.06. The first-order chi connectivity index (χ1) is 6.15. The number of carbonyl (C=O) groups is 1. The molecule has 13 heavy (non-hydrogen) atoms. The highest BCUT2D eigenvalue weighted by atomic mass is 16.1. The third-order valence-corrected chi connectivity index (χ3v) is 4.03. The molecule has 1 heteroatoms. The molecule has 0 spiro atoms. The molecule has 2 aliphatic carbocycles. The number of hydrogen-bond acceptors (Lipinski definition) is 1. The van der Waals surface area contributed by atoms with E-state index in [0.717, 1.165) is 32.1 Å². The molecule has 0 bridgehead atoms. The van der Waals surface area contributed by atoms with Crippen LogP contribution in [0, 0.1) is 10.8 Å². The maximum Gasteiger partial charge on any atom is 0.139 e. The number of rotatable bonds is 3. The van der Waals surface area contributed by atoms with E-state index in [1.54, 1.807) is 0 Å². The van der Waals surface area contributed by atoms with Gasteiger partial charge in [-0.1, -0.05) is 26.0 Å². The summed E-state index contributed by atoms with van der Waals surface area (Å²) in [6, 6.07) is 0. The van der Waals surface area contributed by atoms with Crippen LogP contribution in [0.25, 0.3) is 0 Å². The summed E-state index contributed by atoms with van der Waals surface area (Å²) in [7, 11) is 0. The van der Waals surface area contributed by atoms with Gasteiger partial charge in [0.25, 0.3) is 0 Å². The van der Waals surface area contributed by atoms with Gasteiger partial charge in [0.05, 0.1) is 0 Å². The molecule has 2 rings (SSSR count). The molecule has 72 valence electrons. The minimum absolute atomic E-state index is 0.0820. The Kier molecular flexibility index (Phi) is 1.86.